The van der Waals surface area contributed by atoms with Gasteiger partial charge in [-0.3, -0.25) is 4.79 Å². The molecular formula is C13H23NO6. The lowest BCUT2D eigenvalue weighted by molar-refractivity contribution is -0.147. The van der Waals surface area contributed by atoms with E-state index in [4.69, 9.17) is 4.74 Å². The van der Waals surface area contributed by atoms with E-state index in [9.17, 15) is 14.4 Å². The molecule has 0 aliphatic heterocycles. The van der Waals surface area contributed by atoms with E-state index < -0.39 is 35.6 Å². The molecule has 0 saturated heterocycles. The number of carbonyl (C=O) groups is 3. The summed E-state index contributed by atoms with van der Waals surface area (Å²) in [5.74, 6) is -1.67. The fourth-order valence-corrected chi connectivity index (χ4v) is 1.46. The Balaban J connectivity index is 4.70. The summed E-state index contributed by atoms with van der Waals surface area (Å²) in [6.07, 6.45) is -0.677. The van der Waals surface area contributed by atoms with Gasteiger partial charge in [-0.25, -0.2) is 9.59 Å². The Kier molecular flexibility index (Phi) is 7.02. The average Bonchev–Trinajstić information content (AvgIpc) is 2.33. The lowest BCUT2D eigenvalue weighted by Crippen LogP contribution is -2.45. The Morgan fingerprint density at radius 1 is 1.05 bits per heavy atom. The molecule has 0 heterocycles. The van der Waals surface area contributed by atoms with E-state index in [1.54, 1.807) is 27.7 Å². The van der Waals surface area contributed by atoms with Gasteiger partial charge in [-0.2, -0.15) is 0 Å². The van der Waals surface area contributed by atoms with E-state index in [1.807, 2.05) is 0 Å². The molecule has 0 fully saturated rings. The van der Waals surface area contributed by atoms with Crippen molar-refractivity contribution >= 4 is 18.0 Å². The maximum Gasteiger partial charge on any atom is 0.408 e. The van der Waals surface area contributed by atoms with Crippen molar-refractivity contribution < 1.29 is 28.6 Å². The first kappa shape index (κ1) is 18.2. The van der Waals surface area contributed by atoms with Crippen LogP contribution in [0.1, 0.15) is 34.1 Å². The van der Waals surface area contributed by atoms with Crippen molar-refractivity contribution in [2.45, 2.75) is 45.8 Å². The van der Waals surface area contributed by atoms with Gasteiger partial charge < -0.3 is 19.5 Å². The van der Waals surface area contributed by atoms with Crippen LogP contribution in [0.2, 0.25) is 0 Å². The molecule has 7 nitrogen and oxygen atoms in total. The van der Waals surface area contributed by atoms with Crippen LogP contribution in [0.5, 0.6) is 0 Å². The summed E-state index contributed by atoms with van der Waals surface area (Å²) in [4.78, 5) is 34.6. The SMILES string of the molecule is COC(=O)[C@H](C[C@H]([13CH3])C(=O)OC)NC(=O)OC(C)(C)C. The third kappa shape index (κ3) is 6.96. The van der Waals surface area contributed by atoms with Crippen LogP contribution in [0.4, 0.5) is 4.79 Å². The van der Waals surface area contributed by atoms with Gasteiger partial charge in [-0.15, -0.1) is 0 Å². The zero-order chi connectivity index (χ0) is 15.9. The van der Waals surface area contributed by atoms with Gasteiger partial charge in [0, 0.05) is 0 Å². The molecule has 116 valence electrons. The van der Waals surface area contributed by atoms with Crippen molar-refractivity contribution in [3.63, 3.8) is 0 Å². The first-order valence-electron chi connectivity index (χ1n) is 6.26. The topological polar surface area (TPSA) is 90.9 Å². The van der Waals surface area contributed by atoms with E-state index >= 15 is 0 Å². The van der Waals surface area contributed by atoms with Gasteiger partial charge in [0.1, 0.15) is 11.6 Å². The molecule has 0 bridgehead atoms. The number of carbonyl (C=O) groups excluding carboxylic acids is 3. The molecule has 0 radical (unpaired) electrons. The van der Waals surface area contributed by atoms with Crippen molar-refractivity contribution in [1.29, 1.82) is 0 Å². The number of alkyl carbamates (subject to hydrolysis) is 1. The second-order valence-electron chi connectivity index (χ2n) is 5.38. The monoisotopic (exact) mass is 290 g/mol. The Labute approximate surface area is 118 Å². The molecule has 0 aromatic carbocycles. The molecular weight excluding hydrogens is 267 g/mol. The maximum absolute atomic E-state index is 11.7. The predicted octanol–water partition coefficient (Wildman–Crippen LogP) is 1.25. The highest BCUT2D eigenvalue weighted by Gasteiger charge is 2.29. The molecule has 0 spiro atoms. The summed E-state index contributed by atoms with van der Waals surface area (Å²) in [6, 6.07) is -0.969. The highest BCUT2D eigenvalue weighted by Crippen LogP contribution is 2.11. The molecule has 20 heavy (non-hydrogen) atoms. The minimum Gasteiger partial charge on any atom is -0.469 e. The number of ether oxygens (including phenoxy) is 3. The molecule has 7 heteroatoms. The van der Waals surface area contributed by atoms with Crippen molar-refractivity contribution in [3.05, 3.63) is 0 Å². The van der Waals surface area contributed by atoms with Gasteiger partial charge in [0.15, 0.2) is 0 Å². The van der Waals surface area contributed by atoms with Crippen molar-refractivity contribution in [2.24, 2.45) is 5.92 Å². The summed E-state index contributed by atoms with van der Waals surface area (Å²) in [6.45, 7) is 6.71. The highest BCUT2D eigenvalue weighted by molar-refractivity contribution is 5.82. The lowest BCUT2D eigenvalue weighted by atomic mass is 10.1. The van der Waals surface area contributed by atoms with Crippen LogP contribution in [-0.2, 0) is 23.8 Å². The van der Waals surface area contributed by atoms with Crippen LogP contribution >= 0.6 is 0 Å². The van der Waals surface area contributed by atoms with Gasteiger partial charge in [-0.1, -0.05) is 6.92 Å². The maximum atomic E-state index is 11.7. The predicted molar refractivity (Wildman–Crippen MR) is 71.0 cm³/mol. The molecule has 1 amide bonds. The van der Waals surface area contributed by atoms with Crippen LogP contribution in [0.25, 0.3) is 0 Å². The van der Waals surface area contributed by atoms with Crippen molar-refractivity contribution in [2.75, 3.05) is 14.2 Å². The summed E-state index contributed by atoms with van der Waals surface area (Å²) in [5.41, 5.74) is -0.682. The zero-order valence-corrected chi connectivity index (χ0v) is 12.8. The Bertz CT molecular complexity index is 360. The lowest BCUT2D eigenvalue weighted by Gasteiger charge is -2.23. The van der Waals surface area contributed by atoms with Gasteiger partial charge in [0.05, 0.1) is 20.1 Å². The van der Waals surface area contributed by atoms with Crippen molar-refractivity contribution in [3.8, 4) is 0 Å². The molecule has 1 N–H and O–H groups in total. The zero-order valence-electron chi connectivity index (χ0n) is 12.8. The van der Waals surface area contributed by atoms with E-state index in [0.29, 0.717) is 0 Å². The number of rotatable bonds is 5. The van der Waals surface area contributed by atoms with Gasteiger partial charge in [0.2, 0.25) is 0 Å². The Hall–Kier alpha value is -1.79. The number of hydrogen-bond donors (Lipinski definition) is 1. The van der Waals surface area contributed by atoms with Crippen LogP contribution < -0.4 is 5.32 Å². The van der Waals surface area contributed by atoms with Crippen LogP contribution in [0.15, 0.2) is 0 Å². The third-order valence-electron chi connectivity index (χ3n) is 2.37. The van der Waals surface area contributed by atoms with E-state index in [0.717, 1.165) is 0 Å². The normalized spacial score (nSPS) is 13.9. The molecule has 0 aliphatic carbocycles. The number of esters is 2. The van der Waals surface area contributed by atoms with Crippen LogP contribution in [0.3, 0.4) is 0 Å². The molecule has 0 aromatic rings. The summed E-state index contributed by atoms with van der Waals surface area (Å²) >= 11 is 0. The fourth-order valence-electron chi connectivity index (χ4n) is 1.46. The quantitative estimate of drug-likeness (QED) is 0.465. The molecule has 0 saturated carbocycles. The minimum absolute atomic E-state index is 0.0680. The average molecular weight is 290 g/mol. The minimum atomic E-state index is -0.969. The van der Waals surface area contributed by atoms with E-state index in [1.165, 1.54) is 14.2 Å². The van der Waals surface area contributed by atoms with E-state index in [2.05, 4.69) is 14.8 Å². The number of methoxy groups -OCH3 is 2. The second kappa shape index (κ2) is 7.72. The fraction of sp³-hybridized carbons (Fsp3) is 0.769. The number of hydrogen-bond acceptors (Lipinski definition) is 6. The van der Waals surface area contributed by atoms with Crippen LogP contribution in [-0.4, -0.2) is 43.9 Å². The van der Waals surface area contributed by atoms with Gasteiger partial charge in [-0.05, 0) is 27.2 Å². The molecule has 0 rings (SSSR count). The van der Waals surface area contributed by atoms with Gasteiger partial charge in [0.25, 0.3) is 0 Å². The summed E-state index contributed by atoms with van der Waals surface area (Å²) < 4.78 is 14.2. The van der Waals surface area contributed by atoms with E-state index in [-0.39, 0.29) is 6.42 Å². The summed E-state index contributed by atoms with van der Waals surface area (Å²) in [7, 11) is 2.46. The number of nitrogens with one attached hydrogen (secondary N) is 1. The van der Waals surface area contributed by atoms with Crippen LogP contribution in [0, 0.1) is 5.92 Å². The molecule has 0 aliphatic rings. The first-order chi connectivity index (χ1) is 9.10. The first-order valence-corrected chi connectivity index (χ1v) is 6.26. The number of amides is 1. The van der Waals surface area contributed by atoms with Crippen molar-refractivity contribution in [1.82, 2.24) is 5.32 Å². The third-order valence-corrected chi connectivity index (χ3v) is 2.37. The van der Waals surface area contributed by atoms with Gasteiger partial charge >= 0.3 is 18.0 Å². The smallest absolute Gasteiger partial charge is 0.408 e. The second-order valence-corrected chi connectivity index (χ2v) is 5.38. The molecule has 0 aromatic heterocycles. The molecule has 0 unspecified atom stereocenters. The highest BCUT2D eigenvalue weighted by atomic mass is 16.6. The Morgan fingerprint density at radius 3 is 1.95 bits per heavy atom. The Morgan fingerprint density at radius 2 is 1.55 bits per heavy atom. The summed E-state index contributed by atoms with van der Waals surface area (Å²) in [5, 5.41) is 2.39. The standard InChI is InChI=1S/C13H23NO6/c1-8(10(15)18-5)7-9(11(16)19-6)14-12(17)20-13(2,3)4/h8-9H,7H2,1-6H3,(H,14,17)/t8-,9-/m0/s1/i1+1. The molecule has 2 atom stereocenters. The largest absolute Gasteiger partial charge is 0.469 e.